The van der Waals surface area contributed by atoms with Gasteiger partial charge >= 0.3 is 0 Å². The topological polar surface area (TPSA) is 41.5 Å². The first-order valence-corrected chi connectivity index (χ1v) is 7.93. The zero-order chi connectivity index (χ0) is 14.4. The highest BCUT2D eigenvalue weighted by atomic mass is 35.5. The first-order chi connectivity index (χ1) is 9.72. The van der Waals surface area contributed by atoms with E-state index in [1.54, 1.807) is 0 Å². The summed E-state index contributed by atoms with van der Waals surface area (Å²) in [5.41, 5.74) is 1.05. The number of aliphatic hydroxyl groups is 1. The van der Waals surface area contributed by atoms with E-state index in [2.05, 4.69) is 12.2 Å². The minimum atomic E-state index is -0.388. The van der Waals surface area contributed by atoms with Crippen molar-refractivity contribution in [3.8, 4) is 5.75 Å². The van der Waals surface area contributed by atoms with Gasteiger partial charge in [0, 0.05) is 12.1 Å². The number of ether oxygens (including phenoxy) is 1. The van der Waals surface area contributed by atoms with Crippen molar-refractivity contribution in [3.63, 3.8) is 0 Å². The van der Waals surface area contributed by atoms with Crippen LogP contribution in [-0.4, -0.2) is 23.9 Å². The van der Waals surface area contributed by atoms with Gasteiger partial charge < -0.3 is 15.2 Å². The Hall–Kier alpha value is -0.770. The molecule has 2 unspecified atom stereocenters. The van der Waals surface area contributed by atoms with Crippen molar-refractivity contribution >= 4 is 11.6 Å². The van der Waals surface area contributed by atoms with E-state index >= 15 is 0 Å². The SMILES string of the molecule is CCNCc1cccc(Cl)c1OC1CCCCCC1O. The van der Waals surface area contributed by atoms with Crippen molar-refractivity contribution in [1.29, 1.82) is 0 Å². The summed E-state index contributed by atoms with van der Waals surface area (Å²) in [5.74, 6) is 0.723. The van der Waals surface area contributed by atoms with Crippen LogP contribution in [-0.2, 0) is 6.54 Å². The van der Waals surface area contributed by atoms with Gasteiger partial charge in [-0.3, -0.25) is 0 Å². The molecule has 2 rings (SSSR count). The minimum Gasteiger partial charge on any atom is -0.486 e. The van der Waals surface area contributed by atoms with Crippen molar-refractivity contribution in [3.05, 3.63) is 28.8 Å². The third kappa shape index (κ3) is 4.11. The van der Waals surface area contributed by atoms with Gasteiger partial charge in [-0.15, -0.1) is 0 Å². The number of para-hydroxylation sites is 1. The maximum absolute atomic E-state index is 10.2. The standard InChI is InChI=1S/C16H24ClNO2/c1-2-18-11-12-7-6-8-13(17)16(12)20-15-10-5-3-4-9-14(15)19/h6-8,14-15,18-19H,2-5,9-11H2,1H3. The fourth-order valence-corrected chi connectivity index (χ4v) is 2.87. The predicted octanol–water partition coefficient (Wildman–Crippen LogP) is 3.52. The van der Waals surface area contributed by atoms with Gasteiger partial charge in [-0.1, -0.05) is 43.5 Å². The molecule has 4 heteroatoms. The zero-order valence-corrected chi connectivity index (χ0v) is 12.8. The zero-order valence-electron chi connectivity index (χ0n) is 12.1. The molecule has 1 fully saturated rings. The lowest BCUT2D eigenvalue weighted by Crippen LogP contribution is -2.31. The molecule has 1 aromatic rings. The third-order valence-electron chi connectivity index (χ3n) is 3.80. The molecule has 1 aromatic carbocycles. The second-order valence-corrected chi connectivity index (χ2v) is 5.78. The average molecular weight is 298 g/mol. The molecule has 112 valence electrons. The second kappa shape index (κ2) is 7.87. The normalized spacial score (nSPS) is 23.4. The minimum absolute atomic E-state index is 0.141. The molecule has 1 aliphatic carbocycles. The number of rotatable bonds is 5. The van der Waals surface area contributed by atoms with Crippen molar-refractivity contribution in [2.45, 2.75) is 57.8 Å². The van der Waals surface area contributed by atoms with Crippen LogP contribution in [0.1, 0.15) is 44.6 Å². The summed E-state index contributed by atoms with van der Waals surface area (Å²) in [6, 6.07) is 5.80. The Morgan fingerprint density at radius 3 is 2.90 bits per heavy atom. The van der Waals surface area contributed by atoms with E-state index in [4.69, 9.17) is 16.3 Å². The number of benzene rings is 1. The van der Waals surface area contributed by atoms with Gasteiger partial charge in [-0.05, 0) is 31.9 Å². The number of nitrogens with one attached hydrogen (secondary N) is 1. The molecule has 1 saturated carbocycles. The first kappa shape index (κ1) is 15.6. The summed E-state index contributed by atoms with van der Waals surface area (Å²) < 4.78 is 6.08. The van der Waals surface area contributed by atoms with E-state index in [-0.39, 0.29) is 12.2 Å². The molecule has 0 aliphatic heterocycles. The Morgan fingerprint density at radius 2 is 2.10 bits per heavy atom. The Bertz CT molecular complexity index is 425. The Kier molecular flexibility index (Phi) is 6.14. The second-order valence-electron chi connectivity index (χ2n) is 5.37. The van der Waals surface area contributed by atoms with Gasteiger partial charge in [0.05, 0.1) is 11.1 Å². The third-order valence-corrected chi connectivity index (χ3v) is 4.10. The highest BCUT2D eigenvalue weighted by molar-refractivity contribution is 6.32. The maximum atomic E-state index is 10.2. The summed E-state index contributed by atoms with van der Waals surface area (Å²) in [4.78, 5) is 0. The molecule has 2 N–H and O–H groups in total. The van der Waals surface area contributed by atoms with Gasteiger partial charge in [0.15, 0.2) is 0 Å². The van der Waals surface area contributed by atoms with E-state index in [0.717, 1.165) is 50.1 Å². The van der Waals surface area contributed by atoms with E-state index in [1.165, 1.54) is 6.42 Å². The molecule has 20 heavy (non-hydrogen) atoms. The van der Waals surface area contributed by atoms with Gasteiger partial charge in [-0.2, -0.15) is 0 Å². The molecule has 1 aliphatic rings. The van der Waals surface area contributed by atoms with E-state index in [0.29, 0.717) is 5.02 Å². The summed E-state index contributed by atoms with van der Waals surface area (Å²) in [6.07, 6.45) is 4.54. The maximum Gasteiger partial charge on any atom is 0.142 e. The fourth-order valence-electron chi connectivity index (χ4n) is 2.63. The summed E-state index contributed by atoms with van der Waals surface area (Å²) in [6.45, 7) is 3.70. The summed E-state index contributed by atoms with van der Waals surface area (Å²) in [5, 5.41) is 14.1. The van der Waals surface area contributed by atoms with Gasteiger partial charge in [0.2, 0.25) is 0 Å². The Balaban J connectivity index is 2.13. The van der Waals surface area contributed by atoms with E-state index < -0.39 is 0 Å². The average Bonchev–Trinajstić information content (AvgIpc) is 2.64. The van der Waals surface area contributed by atoms with E-state index in [1.807, 2.05) is 18.2 Å². The lowest BCUT2D eigenvalue weighted by Gasteiger charge is -2.24. The highest BCUT2D eigenvalue weighted by Gasteiger charge is 2.24. The van der Waals surface area contributed by atoms with Crippen LogP contribution in [0.5, 0.6) is 5.75 Å². The summed E-state index contributed by atoms with van der Waals surface area (Å²) >= 11 is 6.28. The van der Waals surface area contributed by atoms with Gasteiger partial charge in [-0.25, -0.2) is 0 Å². The number of hydrogen-bond acceptors (Lipinski definition) is 3. The van der Waals surface area contributed by atoms with Crippen molar-refractivity contribution in [2.75, 3.05) is 6.54 Å². The van der Waals surface area contributed by atoms with Crippen LogP contribution in [0.2, 0.25) is 5.02 Å². The lowest BCUT2D eigenvalue weighted by molar-refractivity contribution is 0.0314. The highest BCUT2D eigenvalue weighted by Crippen LogP contribution is 2.32. The smallest absolute Gasteiger partial charge is 0.142 e. The molecule has 0 saturated heterocycles. The monoisotopic (exact) mass is 297 g/mol. The van der Waals surface area contributed by atoms with Crippen molar-refractivity contribution < 1.29 is 9.84 Å². The first-order valence-electron chi connectivity index (χ1n) is 7.55. The Labute approximate surface area is 126 Å². The molecular formula is C16H24ClNO2. The number of hydrogen-bond donors (Lipinski definition) is 2. The van der Waals surface area contributed by atoms with Crippen LogP contribution in [0.25, 0.3) is 0 Å². The molecule has 2 atom stereocenters. The quantitative estimate of drug-likeness (QED) is 0.817. The van der Waals surface area contributed by atoms with Crippen LogP contribution in [0, 0.1) is 0 Å². The Morgan fingerprint density at radius 1 is 1.30 bits per heavy atom. The molecule has 0 radical (unpaired) electrons. The van der Waals surface area contributed by atoms with Crippen LogP contribution in [0.15, 0.2) is 18.2 Å². The van der Waals surface area contributed by atoms with Crippen LogP contribution < -0.4 is 10.1 Å². The van der Waals surface area contributed by atoms with Crippen molar-refractivity contribution in [1.82, 2.24) is 5.32 Å². The molecule has 0 amide bonds. The molecule has 0 heterocycles. The molecule has 0 bridgehead atoms. The molecular weight excluding hydrogens is 274 g/mol. The summed E-state index contributed by atoms with van der Waals surface area (Å²) in [7, 11) is 0. The predicted molar refractivity (Wildman–Crippen MR) is 82.3 cm³/mol. The lowest BCUT2D eigenvalue weighted by atomic mass is 10.1. The molecule has 0 aromatic heterocycles. The van der Waals surface area contributed by atoms with Crippen LogP contribution in [0.3, 0.4) is 0 Å². The van der Waals surface area contributed by atoms with Crippen LogP contribution in [0.4, 0.5) is 0 Å². The number of aliphatic hydroxyl groups excluding tert-OH is 1. The van der Waals surface area contributed by atoms with Gasteiger partial charge in [0.1, 0.15) is 11.9 Å². The fraction of sp³-hybridized carbons (Fsp3) is 0.625. The molecule has 0 spiro atoms. The largest absolute Gasteiger partial charge is 0.486 e. The van der Waals surface area contributed by atoms with Crippen LogP contribution >= 0.6 is 11.6 Å². The van der Waals surface area contributed by atoms with Crippen molar-refractivity contribution in [2.24, 2.45) is 0 Å². The molecule has 3 nitrogen and oxygen atoms in total. The van der Waals surface area contributed by atoms with E-state index in [9.17, 15) is 5.11 Å². The van der Waals surface area contributed by atoms with Gasteiger partial charge in [0.25, 0.3) is 0 Å². The number of halogens is 1.